The summed E-state index contributed by atoms with van der Waals surface area (Å²) in [7, 11) is -3.58. The zero-order chi connectivity index (χ0) is 15.3. The lowest BCUT2D eigenvalue weighted by atomic mass is 10.4. The van der Waals surface area contributed by atoms with Gasteiger partial charge < -0.3 is 14.5 Å². The molecule has 0 unspecified atom stereocenters. The van der Waals surface area contributed by atoms with E-state index < -0.39 is 10.0 Å². The van der Waals surface area contributed by atoms with Crippen molar-refractivity contribution in [2.24, 2.45) is 5.92 Å². The number of ether oxygens (including phenoxy) is 1. The fourth-order valence-electron chi connectivity index (χ4n) is 1.78. The Bertz CT molecular complexity index is 555. The zero-order valence-electron chi connectivity index (χ0n) is 12.0. The molecule has 0 atom stereocenters. The van der Waals surface area contributed by atoms with Crippen LogP contribution in [-0.2, 0) is 21.3 Å². The van der Waals surface area contributed by atoms with Gasteiger partial charge in [-0.05, 0) is 41.2 Å². The van der Waals surface area contributed by atoms with Crippen LogP contribution in [0.2, 0.25) is 0 Å². The molecule has 6 nitrogen and oxygen atoms in total. The van der Waals surface area contributed by atoms with Crippen molar-refractivity contribution in [2.45, 2.75) is 31.2 Å². The van der Waals surface area contributed by atoms with Gasteiger partial charge in [-0.15, -0.1) is 0 Å². The molecule has 2 rings (SSSR count). The molecule has 1 aromatic rings. The molecule has 0 aliphatic heterocycles. The monoisotopic (exact) mass is 380 g/mol. The summed E-state index contributed by atoms with van der Waals surface area (Å²) in [6.07, 6.45) is 2.45. The van der Waals surface area contributed by atoms with E-state index in [2.05, 4.69) is 26.0 Å². The van der Waals surface area contributed by atoms with Crippen LogP contribution in [0.5, 0.6) is 0 Å². The van der Waals surface area contributed by atoms with Gasteiger partial charge in [-0.25, -0.2) is 13.1 Å². The summed E-state index contributed by atoms with van der Waals surface area (Å²) in [5.41, 5.74) is 0. The Morgan fingerprint density at radius 1 is 1.48 bits per heavy atom. The lowest BCUT2D eigenvalue weighted by Gasteiger charge is -2.05. The SMILES string of the molecule is CCNCc1cc(S(=O)(=O)NCCOCC2CC2)c(Br)o1. The van der Waals surface area contributed by atoms with E-state index in [9.17, 15) is 8.42 Å². The Hall–Kier alpha value is -0.410. The lowest BCUT2D eigenvalue weighted by molar-refractivity contribution is 0.129. The third-order valence-electron chi connectivity index (χ3n) is 3.13. The van der Waals surface area contributed by atoms with Gasteiger partial charge in [0, 0.05) is 19.2 Å². The predicted octanol–water partition coefficient (Wildman–Crippen LogP) is 1.86. The first-order chi connectivity index (χ1) is 10.0. The average molecular weight is 381 g/mol. The molecular weight excluding hydrogens is 360 g/mol. The van der Waals surface area contributed by atoms with E-state index in [4.69, 9.17) is 9.15 Å². The normalized spacial score (nSPS) is 15.5. The Kier molecular flexibility index (Phi) is 6.24. The quantitative estimate of drug-likeness (QED) is 0.605. The third-order valence-corrected chi connectivity index (χ3v) is 5.45. The van der Waals surface area contributed by atoms with Gasteiger partial charge in [0.25, 0.3) is 0 Å². The molecule has 0 saturated heterocycles. The number of sulfonamides is 1. The van der Waals surface area contributed by atoms with Crippen molar-refractivity contribution in [1.29, 1.82) is 0 Å². The molecule has 1 aromatic heterocycles. The van der Waals surface area contributed by atoms with Crippen LogP contribution >= 0.6 is 15.9 Å². The molecule has 1 aliphatic rings. The summed E-state index contributed by atoms with van der Waals surface area (Å²) in [5, 5.41) is 3.08. The Morgan fingerprint density at radius 3 is 2.90 bits per heavy atom. The maximum atomic E-state index is 12.2. The minimum Gasteiger partial charge on any atom is -0.452 e. The van der Waals surface area contributed by atoms with Crippen molar-refractivity contribution in [3.8, 4) is 0 Å². The van der Waals surface area contributed by atoms with E-state index in [0.29, 0.717) is 24.8 Å². The molecule has 8 heteroatoms. The van der Waals surface area contributed by atoms with Crippen LogP contribution in [0, 0.1) is 5.92 Å². The van der Waals surface area contributed by atoms with Gasteiger partial charge in [0.05, 0.1) is 13.2 Å². The van der Waals surface area contributed by atoms with Crippen LogP contribution in [0.15, 0.2) is 20.0 Å². The third kappa shape index (κ3) is 5.37. The highest BCUT2D eigenvalue weighted by molar-refractivity contribution is 9.10. The van der Waals surface area contributed by atoms with E-state index in [1.54, 1.807) is 0 Å². The maximum absolute atomic E-state index is 12.2. The van der Waals surface area contributed by atoms with Gasteiger partial charge in [-0.2, -0.15) is 0 Å². The highest BCUT2D eigenvalue weighted by Gasteiger charge is 2.23. The second kappa shape index (κ2) is 7.73. The summed E-state index contributed by atoms with van der Waals surface area (Å²) in [5.74, 6) is 1.26. The summed E-state index contributed by atoms with van der Waals surface area (Å²) < 4.78 is 37.9. The van der Waals surface area contributed by atoms with Crippen LogP contribution < -0.4 is 10.0 Å². The lowest BCUT2D eigenvalue weighted by Crippen LogP contribution is -2.27. The van der Waals surface area contributed by atoms with Crippen molar-refractivity contribution >= 4 is 26.0 Å². The van der Waals surface area contributed by atoms with Crippen molar-refractivity contribution in [3.63, 3.8) is 0 Å². The molecule has 0 bridgehead atoms. The van der Waals surface area contributed by atoms with Gasteiger partial charge in [-0.1, -0.05) is 6.92 Å². The molecule has 2 N–H and O–H groups in total. The Labute approximate surface area is 133 Å². The molecule has 1 heterocycles. The first-order valence-corrected chi connectivity index (χ1v) is 9.37. The molecule has 1 saturated carbocycles. The molecule has 0 amide bonds. The number of hydrogen-bond donors (Lipinski definition) is 2. The van der Waals surface area contributed by atoms with E-state index in [-0.39, 0.29) is 16.1 Å². The number of halogens is 1. The topological polar surface area (TPSA) is 80.6 Å². The molecule has 120 valence electrons. The fraction of sp³-hybridized carbons (Fsp3) is 0.692. The predicted molar refractivity (Wildman–Crippen MR) is 82.5 cm³/mol. The van der Waals surface area contributed by atoms with Gasteiger partial charge in [-0.3, -0.25) is 0 Å². The van der Waals surface area contributed by atoms with E-state index in [0.717, 1.165) is 13.2 Å². The Balaban J connectivity index is 1.83. The summed E-state index contributed by atoms with van der Waals surface area (Å²) in [6, 6.07) is 1.53. The van der Waals surface area contributed by atoms with Crippen LogP contribution in [0.3, 0.4) is 0 Å². The first kappa shape index (κ1) is 17.0. The van der Waals surface area contributed by atoms with Crippen LogP contribution in [0.25, 0.3) is 0 Å². The summed E-state index contributed by atoms with van der Waals surface area (Å²) in [6.45, 7) is 4.62. The van der Waals surface area contributed by atoms with Gasteiger partial charge in [0.1, 0.15) is 10.7 Å². The summed E-state index contributed by atoms with van der Waals surface area (Å²) >= 11 is 3.15. The van der Waals surface area contributed by atoms with E-state index in [1.807, 2.05) is 6.92 Å². The van der Waals surface area contributed by atoms with E-state index >= 15 is 0 Å². The van der Waals surface area contributed by atoms with Crippen LogP contribution in [0.4, 0.5) is 0 Å². The highest BCUT2D eigenvalue weighted by atomic mass is 79.9. The first-order valence-electron chi connectivity index (χ1n) is 7.09. The van der Waals surface area contributed by atoms with Crippen molar-refractivity contribution in [1.82, 2.24) is 10.0 Å². The molecule has 0 radical (unpaired) electrons. The smallest absolute Gasteiger partial charge is 0.245 e. The molecule has 21 heavy (non-hydrogen) atoms. The van der Waals surface area contributed by atoms with Crippen molar-refractivity contribution < 1.29 is 17.6 Å². The van der Waals surface area contributed by atoms with Crippen molar-refractivity contribution in [3.05, 3.63) is 16.5 Å². The molecule has 1 aliphatic carbocycles. The standard InChI is InChI=1S/C13H21BrN2O4S/c1-2-15-8-11-7-12(13(14)20-11)21(17,18)16-5-6-19-9-10-3-4-10/h7,10,15-16H,2-6,8-9H2,1H3. The minimum atomic E-state index is -3.58. The molecule has 0 spiro atoms. The zero-order valence-corrected chi connectivity index (χ0v) is 14.4. The largest absolute Gasteiger partial charge is 0.452 e. The summed E-state index contributed by atoms with van der Waals surface area (Å²) in [4.78, 5) is 0.123. The molecular formula is C13H21BrN2O4S. The number of furan rings is 1. The van der Waals surface area contributed by atoms with Crippen LogP contribution in [0.1, 0.15) is 25.5 Å². The fourth-order valence-corrected chi connectivity index (χ4v) is 3.79. The average Bonchev–Trinajstić information content (AvgIpc) is 3.17. The van der Waals surface area contributed by atoms with Gasteiger partial charge in [0.15, 0.2) is 4.67 Å². The molecule has 1 fully saturated rings. The van der Waals surface area contributed by atoms with E-state index in [1.165, 1.54) is 18.9 Å². The molecule has 0 aromatic carbocycles. The van der Waals surface area contributed by atoms with Gasteiger partial charge in [0.2, 0.25) is 10.0 Å². The maximum Gasteiger partial charge on any atom is 0.245 e. The minimum absolute atomic E-state index is 0.123. The second-order valence-corrected chi connectivity index (χ2v) is 7.50. The number of hydrogen-bond acceptors (Lipinski definition) is 5. The number of nitrogens with one attached hydrogen (secondary N) is 2. The van der Waals surface area contributed by atoms with Crippen LogP contribution in [-0.4, -0.2) is 34.7 Å². The highest BCUT2D eigenvalue weighted by Crippen LogP contribution is 2.28. The number of rotatable bonds is 10. The van der Waals surface area contributed by atoms with Crippen molar-refractivity contribution in [2.75, 3.05) is 26.3 Å². The second-order valence-electron chi connectivity index (χ2n) is 5.05. The van der Waals surface area contributed by atoms with Gasteiger partial charge >= 0.3 is 0 Å². The Morgan fingerprint density at radius 2 is 2.24 bits per heavy atom.